The summed E-state index contributed by atoms with van der Waals surface area (Å²) in [5.74, 6) is 0.618. The van der Waals surface area contributed by atoms with Gasteiger partial charge in [-0.05, 0) is 54.0 Å². The van der Waals surface area contributed by atoms with E-state index in [-0.39, 0.29) is 39.7 Å². The molecular formula is C30H56O5Si2. The summed E-state index contributed by atoms with van der Waals surface area (Å²) in [6.07, 6.45) is -0.255. The first-order chi connectivity index (χ1) is 16.7. The quantitative estimate of drug-likeness (QED) is 0.218. The maximum atomic E-state index is 13.6. The molecule has 0 saturated heterocycles. The zero-order valence-electron chi connectivity index (χ0n) is 26.3. The van der Waals surface area contributed by atoms with E-state index in [2.05, 4.69) is 74.7 Å². The average molecular weight is 553 g/mol. The lowest BCUT2D eigenvalue weighted by molar-refractivity contribution is -0.135. The number of ether oxygens (including phenoxy) is 2. The van der Waals surface area contributed by atoms with Crippen molar-refractivity contribution < 1.29 is 23.1 Å². The van der Waals surface area contributed by atoms with Gasteiger partial charge in [0.05, 0.1) is 19.8 Å². The Labute approximate surface area is 230 Å². The maximum absolute atomic E-state index is 13.6. The summed E-state index contributed by atoms with van der Waals surface area (Å²) < 4.78 is 24.7. The van der Waals surface area contributed by atoms with E-state index in [1.165, 1.54) is 0 Å². The molecule has 0 aliphatic heterocycles. The highest BCUT2D eigenvalue weighted by Crippen LogP contribution is 2.38. The Morgan fingerprint density at radius 1 is 0.811 bits per heavy atom. The largest absolute Gasteiger partial charge is 0.497 e. The molecule has 0 heterocycles. The van der Waals surface area contributed by atoms with Crippen LogP contribution < -0.4 is 4.74 Å². The van der Waals surface area contributed by atoms with Crippen molar-refractivity contribution in [2.45, 2.75) is 111 Å². The molecule has 37 heavy (non-hydrogen) atoms. The molecule has 0 unspecified atom stereocenters. The van der Waals surface area contributed by atoms with Gasteiger partial charge in [-0.1, -0.05) is 74.4 Å². The summed E-state index contributed by atoms with van der Waals surface area (Å²) in [4.78, 5) is 13.6. The number of methoxy groups -OCH3 is 1. The maximum Gasteiger partial charge on any atom is 0.192 e. The summed E-state index contributed by atoms with van der Waals surface area (Å²) in [6.45, 7) is 30.0. The van der Waals surface area contributed by atoms with E-state index in [4.69, 9.17) is 18.3 Å². The third kappa shape index (κ3) is 9.92. The number of rotatable bonds is 14. The van der Waals surface area contributed by atoms with Crippen molar-refractivity contribution in [2.24, 2.45) is 17.8 Å². The summed E-state index contributed by atoms with van der Waals surface area (Å²) in [5, 5.41) is 0.240. The van der Waals surface area contributed by atoms with Crippen LogP contribution in [0.15, 0.2) is 24.3 Å². The van der Waals surface area contributed by atoms with Gasteiger partial charge < -0.3 is 18.3 Å². The molecule has 0 aromatic heterocycles. The Morgan fingerprint density at radius 2 is 1.27 bits per heavy atom. The zero-order valence-corrected chi connectivity index (χ0v) is 28.3. The fourth-order valence-corrected chi connectivity index (χ4v) is 5.82. The molecule has 0 saturated carbocycles. The lowest BCUT2D eigenvalue weighted by atomic mass is 9.86. The van der Waals surface area contributed by atoms with Crippen LogP contribution in [0.4, 0.5) is 0 Å². The van der Waals surface area contributed by atoms with Gasteiger partial charge in [-0.15, -0.1) is 0 Å². The fraction of sp³-hybridized carbons (Fsp3) is 0.767. The van der Waals surface area contributed by atoms with Gasteiger partial charge in [-0.2, -0.15) is 0 Å². The minimum Gasteiger partial charge on any atom is -0.497 e. The summed E-state index contributed by atoms with van der Waals surface area (Å²) in [7, 11) is -2.18. The van der Waals surface area contributed by atoms with Crippen LogP contribution >= 0.6 is 0 Å². The van der Waals surface area contributed by atoms with Crippen LogP contribution in [-0.2, 0) is 25.0 Å². The van der Waals surface area contributed by atoms with Crippen LogP contribution in [0.25, 0.3) is 0 Å². The van der Waals surface area contributed by atoms with Crippen molar-refractivity contribution in [2.75, 3.05) is 20.3 Å². The number of hydrogen-bond acceptors (Lipinski definition) is 5. The van der Waals surface area contributed by atoms with Gasteiger partial charge in [0.2, 0.25) is 0 Å². The third-order valence-corrected chi connectivity index (χ3v) is 17.6. The second-order valence-electron chi connectivity index (χ2n) is 13.8. The van der Waals surface area contributed by atoms with Crippen molar-refractivity contribution in [3.05, 3.63) is 29.8 Å². The van der Waals surface area contributed by atoms with Crippen LogP contribution in [-0.4, -0.2) is 48.8 Å². The molecule has 0 aliphatic rings. The van der Waals surface area contributed by atoms with E-state index >= 15 is 0 Å². The molecule has 0 bridgehead atoms. The molecule has 0 amide bonds. The van der Waals surface area contributed by atoms with Crippen LogP contribution in [0.3, 0.4) is 0 Å². The SMILES string of the molecule is COc1ccc(CO[C@H]([C@H](C)C(=O)[C@@H](C)CO[Si](C)(C)C(C)(C)C)[C@@H](C)CO[Si](C)(C)C(C)(C)C)cc1. The molecule has 0 spiro atoms. The molecule has 0 radical (unpaired) electrons. The van der Waals surface area contributed by atoms with E-state index in [1.54, 1.807) is 7.11 Å². The van der Waals surface area contributed by atoms with Crippen molar-refractivity contribution >= 4 is 22.4 Å². The van der Waals surface area contributed by atoms with Crippen molar-refractivity contribution in [1.82, 2.24) is 0 Å². The van der Waals surface area contributed by atoms with E-state index in [0.717, 1.165) is 11.3 Å². The molecule has 214 valence electrons. The van der Waals surface area contributed by atoms with Crippen LogP contribution in [0.1, 0.15) is 67.9 Å². The lowest BCUT2D eigenvalue weighted by Gasteiger charge is -2.39. The van der Waals surface area contributed by atoms with Gasteiger partial charge in [-0.3, -0.25) is 4.79 Å². The number of carbonyl (C=O) groups excluding carboxylic acids is 1. The second kappa shape index (κ2) is 13.4. The average Bonchev–Trinajstić information content (AvgIpc) is 2.79. The highest BCUT2D eigenvalue weighted by atomic mass is 28.4. The fourth-order valence-electron chi connectivity index (χ4n) is 3.61. The Balaban J connectivity index is 3.03. The topological polar surface area (TPSA) is 54.0 Å². The first-order valence-corrected chi connectivity index (χ1v) is 19.6. The van der Waals surface area contributed by atoms with E-state index in [0.29, 0.717) is 19.8 Å². The number of carbonyl (C=O) groups is 1. The zero-order chi connectivity index (χ0) is 28.8. The van der Waals surface area contributed by atoms with Gasteiger partial charge in [0, 0.05) is 31.0 Å². The standard InChI is InChI=1S/C30H56O5Si2/c1-22(19-34-36(11,12)29(4,5)6)27(31)24(3)28(23(2)20-35-37(13,14)30(7,8)9)33-21-25-15-17-26(32-10)18-16-25/h15-18,22-24,28H,19-21H2,1-14H3/t22-,23-,24+,28-/m0/s1. The van der Waals surface area contributed by atoms with Gasteiger partial charge >= 0.3 is 0 Å². The summed E-state index contributed by atoms with van der Waals surface area (Å²) >= 11 is 0. The van der Waals surface area contributed by atoms with Crippen LogP contribution in [0.2, 0.25) is 36.3 Å². The number of benzene rings is 1. The van der Waals surface area contributed by atoms with E-state index in [1.807, 2.05) is 38.1 Å². The highest BCUT2D eigenvalue weighted by Gasteiger charge is 2.40. The van der Waals surface area contributed by atoms with Crippen LogP contribution in [0, 0.1) is 17.8 Å². The third-order valence-electron chi connectivity index (χ3n) is 8.60. The molecule has 5 nitrogen and oxygen atoms in total. The Morgan fingerprint density at radius 3 is 1.70 bits per heavy atom. The summed E-state index contributed by atoms with van der Waals surface area (Å²) in [5.41, 5.74) is 1.05. The first kappa shape index (κ1) is 34.0. The van der Waals surface area contributed by atoms with Crippen molar-refractivity contribution in [3.8, 4) is 5.75 Å². The van der Waals surface area contributed by atoms with Crippen LogP contribution in [0.5, 0.6) is 5.75 Å². The smallest absolute Gasteiger partial charge is 0.192 e. The highest BCUT2D eigenvalue weighted by molar-refractivity contribution is 6.74. The molecule has 1 rings (SSSR count). The molecule has 1 aromatic carbocycles. The molecule has 1 aromatic rings. The minimum absolute atomic E-state index is 0.0693. The lowest BCUT2D eigenvalue weighted by Crippen LogP contribution is -2.45. The Bertz CT molecular complexity index is 837. The predicted octanol–water partition coefficient (Wildman–Crippen LogP) is 8.10. The number of Topliss-reactive ketones (excluding diaryl/α,β-unsaturated/α-hetero) is 1. The number of ketones is 1. The van der Waals surface area contributed by atoms with Gasteiger partial charge in [-0.25, -0.2) is 0 Å². The molecular weight excluding hydrogens is 496 g/mol. The van der Waals surface area contributed by atoms with Crippen molar-refractivity contribution in [3.63, 3.8) is 0 Å². The normalized spacial score (nSPS) is 16.7. The van der Waals surface area contributed by atoms with Gasteiger partial charge in [0.15, 0.2) is 16.6 Å². The first-order valence-electron chi connectivity index (χ1n) is 13.8. The summed E-state index contributed by atoms with van der Waals surface area (Å²) in [6, 6.07) is 7.89. The number of hydrogen-bond donors (Lipinski definition) is 0. The van der Waals surface area contributed by atoms with Gasteiger partial charge in [0.25, 0.3) is 0 Å². The monoisotopic (exact) mass is 552 g/mol. The second-order valence-corrected chi connectivity index (χ2v) is 23.5. The minimum atomic E-state index is -1.93. The van der Waals surface area contributed by atoms with Gasteiger partial charge in [0.1, 0.15) is 11.5 Å². The Hall–Kier alpha value is -0.996. The molecule has 4 atom stereocenters. The molecule has 7 heteroatoms. The van der Waals surface area contributed by atoms with E-state index in [9.17, 15) is 4.79 Å². The Kier molecular flexibility index (Phi) is 12.3. The molecule has 0 aliphatic carbocycles. The molecule has 0 fully saturated rings. The van der Waals surface area contributed by atoms with Crippen molar-refractivity contribution in [1.29, 1.82) is 0 Å². The van der Waals surface area contributed by atoms with E-state index < -0.39 is 16.6 Å². The molecule has 0 N–H and O–H groups in total. The predicted molar refractivity (Wildman–Crippen MR) is 160 cm³/mol.